The third kappa shape index (κ3) is 3.13. The molecule has 0 bridgehead atoms. The Morgan fingerprint density at radius 3 is 3.00 bits per heavy atom. The minimum Gasteiger partial charge on any atom is -0.355 e. The fourth-order valence-electron chi connectivity index (χ4n) is 3.42. The van der Waals surface area contributed by atoms with E-state index in [-0.39, 0.29) is 34.3 Å². The predicted octanol–water partition coefficient (Wildman–Crippen LogP) is 1.52. The molecule has 2 aromatic rings. The van der Waals surface area contributed by atoms with Crippen LogP contribution in [0.1, 0.15) is 43.0 Å². The van der Waals surface area contributed by atoms with Crippen molar-refractivity contribution in [2.75, 3.05) is 19.6 Å². The number of carbonyl (C=O) groups excluding carboxylic acids is 2. The lowest BCUT2D eigenvalue weighted by Gasteiger charge is -2.33. The third-order valence-electron chi connectivity index (χ3n) is 5.48. The molecule has 7 nitrogen and oxygen atoms in total. The molecular formula is C18H22N4O3S. The van der Waals surface area contributed by atoms with Crippen molar-refractivity contribution in [3.8, 4) is 0 Å². The lowest BCUT2D eigenvalue weighted by Crippen LogP contribution is -2.45. The maximum absolute atomic E-state index is 12.8. The second-order valence-electron chi connectivity index (χ2n) is 7.56. The van der Waals surface area contributed by atoms with Crippen molar-refractivity contribution >= 4 is 28.1 Å². The summed E-state index contributed by atoms with van der Waals surface area (Å²) < 4.78 is 1.41. The lowest BCUT2D eigenvalue weighted by atomic mass is 9.97. The van der Waals surface area contributed by atoms with Crippen molar-refractivity contribution in [2.24, 2.45) is 11.3 Å². The number of thiazole rings is 1. The molecule has 4 rings (SSSR count). The molecule has 1 saturated carbocycles. The van der Waals surface area contributed by atoms with E-state index in [0.717, 1.165) is 25.7 Å². The molecule has 0 spiro atoms. The van der Waals surface area contributed by atoms with E-state index in [4.69, 9.17) is 0 Å². The summed E-state index contributed by atoms with van der Waals surface area (Å²) in [5.74, 6) is 0.0687. The smallest absolute Gasteiger partial charge is 0.271 e. The molecule has 2 fully saturated rings. The standard InChI is InChI=1S/C18H22N4O3S/c1-18(4-5-18)16(25)19-9-12-3-2-6-21(11-12)14(23)13-10-20-17-22(15(13)24)7-8-26-17/h7-8,10,12H,2-6,9,11H2,1H3,(H,19,25). The van der Waals surface area contributed by atoms with E-state index in [2.05, 4.69) is 10.3 Å². The Balaban J connectivity index is 1.43. The SMILES string of the molecule is CC1(C(=O)NCC2CCCN(C(=O)c3cnc4sccn4c3=O)C2)CC1. The fraction of sp³-hybridized carbons (Fsp3) is 0.556. The Morgan fingerprint density at radius 2 is 2.23 bits per heavy atom. The molecule has 26 heavy (non-hydrogen) atoms. The number of piperidine rings is 1. The summed E-state index contributed by atoms with van der Waals surface area (Å²) in [6.45, 7) is 3.76. The monoisotopic (exact) mass is 374 g/mol. The highest BCUT2D eigenvalue weighted by atomic mass is 32.1. The molecular weight excluding hydrogens is 352 g/mol. The van der Waals surface area contributed by atoms with Crippen molar-refractivity contribution in [1.82, 2.24) is 19.6 Å². The Hall–Kier alpha value is -2.22. The van der Waals surface area contributed by atoms with E-state index in [0.29, 0.717) is 24.6 Å². The minimum absolute atomic E-state index is 0.107. The molecule has 0 radical (unpaired) electrons. The number of fused-ring (bicyclic) bond motifs is 1. The Labute approximate surface area is 155 Å². The molecule has 1 aliphatic carbocycles. The molecule has 1 aliphatic heterocycles. The summed E-state index contributed by atoms with van der Waals surface area (Å²) in [5.41, 5.74) is -0.394. The quantitative estimate of drug-likeness (QED) is 0.880. The second-order valence-corrected chi connectivity index (χ2v) is 8.44. The summed E-state index contributed by atoms with van der Waals surface area (Å²) in [6, 6.07) is 0. The van der Waals surface area contributed by atoms with Gasteiger partial charge in [0.1, 0.15) is 5.56 Å². The van der Waals surface area contributed by atoms with E-state index in [1.165, 1.54) is 21.9 Å². The van der Waals surface area contributed by atoms with Crippen LogP contribution in [0.5, 0.6) is 0 Å². The van der Waals surface area contributed by atoms with Gasteiger partial charge in [0.2, 0.25) is 5.91 Å². The maximum atomic E-state index is 12.8. The minimum atomic E-state index is -0.321. The van der Waals surface area contributed by atoms with Gasteiger partial charge in [-0.25, -0.2) is 4.98 Å². The number of hydrogen-bond donors (Lipinski definition) is 1. The topological polar surface area (TPSA) is 83.8 Å². The predicted molar refractivity (Wildman–Crippen MR) is 98.3 cm³/mol. The molecule has 8 heteroatoms. The largest absolute Gasteiger partial charge is 0.355 e. The van der Waals surface area contributed by atoms with Gasteiger partial charge in [0, 0.05) is 42.8 Å². The second kappa shape index (κ2) is 6.50. The number of aromatic nitrogens is 2. The molecule has 1 unspecified atom stereocenters. The highest BCUT2D eigenvalue weighted by molar-refractivity contribution is 7.15. The zero-order chi connectivity index (χ0) is 18.3. The van der Waals surface area contributed by atoms with Crippen molar-refractivity contribution in [2.45, 2.75) is 32.6 Å². The van der Waals surface area contributed by atoms with Crippen LogP contribution < -0.4 is 10.9 Å². The summed E-state index contributed by atoms with van der Waals surface area (Å²) in [4.78, 5) is 44.0. The highest BCUT2D eigenvalue weighted by Gasteiger charge is 2.44. The molecule has 3 heterocycles. The Kier molecular flexibility index (Phi) is 4.30. The molecule has 2 aromatic heterocycles. The zero-order valence-electron chi connectivity index (χ0n) is 14.7. The molecule has 2 amide bonds. The molecule has 1 saturated heterocycles. The van der Waals surface area contributed by atoms with Crippen LogP contribution in [0.15, 0.2) is 22.6 Å². The van der Waals surface area contributed by atoms with Gasteiger partial charge >= 0.3 is 0 Å². The van der Waals surface area contributed by atoms with Crippen molar-refractivity contribution in [1.29, 1.82) is 0 Å². The van der Waals surface area contributed by atoms with Crippen LogP contribution in [-0.4, -0.2) is 45.7 Å². The first-order valence-electron chi connectivity index (χ1n) is 9.00. The fourth-order valence-corrected chi connectivity index (χ4v) is 4.10. The highest BCUT2D eigenvalue weighted by Crippen LogP contribution is 2.45. The zero-order valence-corrected chi connectivity index (χ0v) is 15.6. The van der Waals surface area contributed by atoms with Gasteiger partial charge in [-0.1, -0.05) is 6.92 Å². The van der Waals surface area contributed by atoms with Crippen LogP contribution in [0, 0.1) is 11.3 Å². The number of nitrogens with one attached hydrogen (secondary N) is 1. The van der Waals surface area contributed by atoms with E-state index < -0.39 is 0 Å². The van der Waals surface area contributed by atoms with Crippen LogP contribution in [0.4, 0.5) is 0 Å². The van der Waals surface area contributed by atoms with E-state index in [9.17, 15) is 14.4 Å². The summed E-state index contributed by atoms with van der Waals surface area (Å²) in [6.07, 6.45) is 6.78. The summed E-state index contributed by atoms with van der Waals surface area (Å²) in [7, 11) is 0. The van der Waals surface area contributed by atoms with Gasteiger partial charge in [-0.2, -0.15) is 0 Å². The van der Waals surface area contributed by atoms with E-state index in [1.807, 2.05) is 6.92 Å². The number of rotatable bonds is 4. The number of nitrogens with zero attached hydrogens (tertiary/aromatic N) is 3. The Morgan fingerprint density at radius 1 is 1.42 bits per heavy atom. The number of carbonyl (C=O) groups is 2. The maximum Gasteiger partial charge on any atom is 0.271 e. The molecule has 138 valence electrons. The van der Waals surface area contributed by atoms with Gasteiger partial charge in [-0.3, -0.25) is 18.8 Å². The first kappa shape index (κ1) is 17.2. The lowest BCUT2D eigenvalue weighted by molar-refractivity contribution is -0.125. The molecule has 2 aliphatic rings. The van der Waals surface area contributed by atoms with Crippen molar-refractivity contribution < 1.29 is 9.59 Å². The van der Waals surface area contributed by atoms with Crippen molar-refractivity contribution in [3.05, 3.63) is 33.7 Å². The first-order valence-corrected chi connectivity index (χ1v) is 9.88. The van der Waals surface area contributed by atoms with Gasteiger partial charge < -0.3 is 10.2 Å². The average molecular weight is 374 g/mol. The average Bonchev–Trinajstić information content (AvgIpc) is 3.21. The Bertz CT molecular complexity index is 915. The van der Waals surface area contributed by atoms with Gasteiger partial charge in [0.15, 0.2) is 4.96 Å². The normalized spacial score (nSPS) is 21.6. The summed E-state index contributed by atoms with van der Waals surface area (Å²) in [5, 5.41) is 4.81. The van der Waals surface area contributed by atoms with Crippen LogP contribution >= 0.6 is 11.3 Å². The van der Waals surface area contributed by atoms with Gasteiger partial charge in [0.05, 0.1) is 0 Å². The van der Waals surface area contributed by atoms with Gasteiger partial charge in [0.25, 0.3) is 11.5 Å². The van der Waals surface area contributed by atoms with Crippen LogP contribution in [0.25, 0.3) is 4.96 Å². The van der Waals surface area contributed by atoms with E-state index >= 15 is 0 Å². The van der Waals surface area contributed by atoms with Crippen LogP contribution in [-0.2, 0) is 4.79 Å². The van der Waals surface area contributed by atoms with Crippen LogP contribution in [0.3, 0.4) is 0 Å². The third-order valence-corrected chi connectivity index (χ3v) is 6.25. The van der Waals surface area contributed by atoms with Gasteiger partial charge in [-0.15, -0.1) is 11.3 Å². The van der Waals surface area contributed by atoms with Crippen molar-refractivity contribution in [3.63, 3.8) is 0 Å². The van der Waals surface area contributed by atoms with E-state index in [1.54, 1.807) is 16.5 Å². The van der Waals surface area contributed by atoms with Gasteiger partial charge in [-0.05, 0) is 31.6 Å². The molecule has 1 N–H and O–H groups in total. The molecule has 0 aromatic carbocycles. The molecule has 1 atom stereocenters. The number of likely N-dealkylation sites (tertiary alicyclic amines) is 1. The summed E-state index contributed by atoms with van der Waals surface area (Å²) >= 11 is 1.36. The van der Waals surface area contributed by atoms with Crippen LogP contribution in [0.2, 0.25) is 0 Å². The first-order chi connectivity index (χ1) is 12.5. The number of hydrogen-bond acceptors (Lipinski definition) is 5. The number of amides is 2.